The van der Waals surface area contributed by atoms with Crippen LogP contribution in [0.3, 0.4) is 0 Å². The van der Waals surface area contributed by atoms with Gasteiger partial charge in [0.15, 0.2) is 6.61 Å². The molecule has 3 rings (SSSR count). The third-order valence-electron chi connectivity index (χ3n) is 4.21. The first kappa shape index (κ1) is 18.2. The Morgan fingerprint density at radius 2 is 2.12 bits per heavy atom. The highest BCUT2D eigenvalue weighted by atomic mass is 35.5. The summed E-state index contributed by atoms with van der Waals surface area (Å²) in [5.41, 5.74) is 0.777. The third-order valence-corrected chi connectivity index (χ3v) is 4.45. The van der Waals surface area contributed by atoms with Crippen molar-refractivity contribution in [3.63, 3.8) is 0 Å². The molecule has 1 aromatic heterocycles. The van der Waals surface area contributed by atoms with Crippen LogP contribution in [0, 0.1) is 0 Å². The van der Waals surface area contributed by atoms with Gasteiger partial charge in [0.1, 0.15) is 5.82 Å². The summed E-state index contributed by atoms with van der Waals surface area (Å²) in [6.45, 7) is -0.353. The van der Waals surface area contributed by atoms with Crippen molar-refractivity contribution in [2.45, 2.75) is 31.7 Å². The zero-order valence-electron chi connectivity index (χ0n) is 14.2. The maximum absolute atomic E-state index is 12.0. The number of rotatable bonds is 6. The fourth-order valence-electron chi connectivity index (χ4n) is 2.99. The molecule has 0 bridgehead atoms. The van der Waals surface area contributed by atoms with Gasteiger partial charge in [0.25, 0.3) is 5.91 Å². The van der Waals surface area contributed by atoms with Gasteiger partial charge in [-0.15, -0.1) is 0 Å². The Morgan fingerprint density at radius 1 is 1.31 bits per heavy atom. The number of esters is 1. The molecule has 1 amide bonds. The normalized spacial score (nSPS) is 14.7. The number of nitrogens with one attached hydrogen (secondary N) is 1. The van der Waals surface area contributed by atoms with Crippen LogP contribution in [-0.4, -0.2) is 28.3 Å². The van der Waals surface area contributed by atoms with Crippen LogP contribution in [0.1, 0.15) is 37.3 Å². The van der Waals surface area contributed by atoms with Gasteiger partial charge in [0.2, 0.25) is 0 Å². The largest absolute Gasteiger partial charge is 0.452 e. The zero-order valence-corrected chi connectivity index (χ0v) is 15.0. The van der Waals surface area contributed by atoms with E-state index in [4.69, 9.17) is 16.3 Å². The first-order valence-corrected chi connectivity index (χ1v) is 8.93. The first-order chi connectivity index (χ1) is 12.6. The maximum Gasteiger partial charge on any atom is 0.331 e. The number of carbonyl (C=O) groups excluding carboxylic acids is 2. The summed E-state index contributed by atoms with van der Waals surface area (Å²) < 4.78 is 6.81. The monoisotopic (exact) mass is 373 g/mol. The van der Waals surface area contributed by atoms with Crippen LogP contribution >= 0.6 is 11.6 Å². The summed E-state index contributed by atoms with van der Waals surface area (Å²) >= 11 is 5.88. The van der Waals surface area contributed by atoms with Crippen molar-refractivity contribution in [3.8, 4) is 0 Å². The van der Waals surface area contributed by atoms with Crippen LogP contribution in [0.15, 0.2) is 42.6 Å². The second-order valence-corrected chi connectivity index (χ2v) is 6.58. The van der Waals surface area contributed by atoms with Crippen molar-refractivity contribution in [2.75, 3.05) is 11.9 Å². The van der Waals surface area contributed by atoms with Gasteiger partial charge in [-0.3, -0.25) is 4.79 Å². The third kappa shape index (κ3) is 4.95. The number of anilines is 1. The minimum Gasteiger partial charge on any atom is -0.452 e. The van der Waals surface area contributed by atoms with Crippen molar-refractivity contribution < 1.29 is 14.3 Å². The van der Waals surface area contributed by atoms with Crippen LogP contribution in [0.4, 0.5) is 5.82 Å². The summed E-state index contributed by atoms with van der Waals surface area (Å²) in [5, 5.41) is 7.62. The Kier molecular flexibility index (Phi) is 6.07. The minimum absolute atomic E-state index is 0.323. The molecule has 1 aliphatic carbocycles. The number of amides is 1. The highest BCUT2D eigenvalue weighted by molar-refractivity contribution is 6.30. The van der Waals surface area contributed by atoms with Gasteiger partial charge in [-0.25, -0.2) is 9.48 Å². The fraction of sp³-hybridized carbons (Fsp3) is 0.316. The predicted octanol–water partition coefficient (Wildman–Crippen LogP) is 3.85. The van der Waals surface area contributed by atoms with E-state index in [1.807, 2.05) is 10.7 Å². The molecule has 1 aliphatic rings. The fourth-order valence-corrected chi connectivity index (χ4v) is 3.19. The van der Waals surface area contributed by atoms with E-state index < -0.39 is 11.9 Å². The van der Waals surface area contributed by atoms with Gasteiger partial charge in [-0.2, -0.15) is 5.10 Å². The second-order valence-electron chi connectivity index (χ2n) is 6.14. The van der Waals surface area contributed by atoms with Gasteiger partial charge in [-0.05, 0) is 36.6 Å². The molecule has 0 saturated heterocycles. The molecule has 1 N–H and O–H groups in total. The molecule has 0 atom stereocenters. The Balaban J connectivity index is 1.48. The van der Waals surface area contributed by atoms with E-state index in [0.717, 1.165) is 18.4 Å². The van der Waals surface area contributed by atoms with Crippen molar-refractivity contribution in [3.05, 3.63) is 53.2 Å². The standard InChI is InChI=1S/C19H20ClN3O3/c20-15-5-3-4-14(12-15)8-9-19(25)26-13-18(24)22-17-10-11-21-23(17)16-6-1-2-7-16/h3-5,8-12,16H,1-2,6-7,13H2,(H,22,24)/b9-8+. The number of carbonyl (C=O) groups is 2. The molecule has 0 spiro atoms. The number of hydrogen-bond acceptors (Lipinski definition) is 4. The Labute approximate surface area is 156 Å². The average molecular weight is 374 g/mol. The lowest BCUT2D eigenvalue weighted by atomic mass is 10.2. The number of aromatic nitrogens is 2. The zero-order chi connectivity index (χ0) is 18.4. The highest BCUT2D eigenvalue weighted by Crippen LogP contribution is 2.31. The smallest absolute Gasteiger partial charge is 0.331 e. The number of hydrogen-bond donors (Lipinski definition) is 1. The molecule has 6 nitrogen and oxygen atoms in total. The molecule has 0 aliphatic heterocycles. The van der Waals surface area contributed by atoms with Crippen molar-refractivity contribution in [1.29, 1.82) is 0 Å². The number of nitrogens with zero attached hydrogens (tertiary/aromatic N) is 2. The van der Waals surface area contributed by atoms with E-state index in [-0.39, 0.29) is 6.61 Å². The Bertz CT molecular complexity index is 810. The number of ether oxygens (including phenoxy) is 1. The first-order valence-electron chi connectivity index (χ1n) is 8.55. The van der Waals surface area contributed by atoms with Crippen LogP contribution in [0.5, 0.6) is 0 Å². The van der Waals surface area contributed by atoms with Crippen LogP contribution in [-0.2, 0) is 14.3 Å². The van der Waals surface area contributed by atoms with Gasteiger partial charge >= 0.3 is 5.97 Å². The summed E-state index contributed by atoms with van der Waals surface area (Å²) in [4.78, 5) is 23.8. The topological polar surface area (TPSA) is 73.2 Å². The van der Waals surface area contributed by atoms with E-state index in [9.17, 15) is 9.59 Å². The summed E-state index contributed by atoms with van der Waals surface area (Å²) in [6.07, 6.45) is 8.99. The SMILES string of the molecule is O=C(COC(=O)/C=C/c1cccc(Cl)c1)Nc1ccnn1C1CCCC1. The minimum atomic E-state index is -0.593. The molecular formula is C19H20ClN3O3. The molecule has 0 radical (unpaired) electrons. The number of halogens is 1. The summed E-state index contributed by atoms with van der Waals surface area (Å²) in [5.74, 6) is -0.355. The lowest BCUT2D eigenvalue weighted by Crippen LogP contribution is -2.22. The van der Waals surface area contributed by atoms with Crippen molar-refractivity contribution >= 4 is 35.4 Å². The van der Waals surface area contributed by atoms with E-state index >= 15 is 0 Å². The van der Waals surface area contributed by atoms with Crippen LogP contribution in [0.25, 0.3) is 6.08 Å². The molecule has 26 heavy (non-hydrogen) atoms. The molecule has 1 saturated carbocycles. The lowest BCUT2D eigenvalue weighted by Gasteiger charge is -2.14. The van der Waals surface area contributed by atoms with Crippen molar-refractivity contribution in [2.24, 2.45) is 0 Å². The van der Waals surface area contributed by atoms with Crippen molar-refractivity contribution in [1.82, 2.24) is 9.78 Å². The van der Waals surface area contributed by atoms with Gasteiger partial charge < -0.3 is 10.1 Å². The molecule has 2 aromatic rings. The molecule has 136 valence electrons. The van der Waals surface area contributed by atoms with E-state index in [0.29, 0.717) is 16.9 Å². The van der Waals surface area contributed by atoms with E-state index in [1.165, 1.54) is 18.9 Å². The lowest BCUT2D eigenvalue weighted by molar-refractivity contribution is -0.142. The molecule has 1 fully saturated rings. The Hall–Kier alpha value is -2.60. The summed E-state index contributed by atoms with van der Waals surface area (Å²) in [6, 6.07) is 9.14. The quantitative estimate of drug-likeness (QED) is 0.616. The Morgan fingerprint density at radius 3 is 2.88 bits per heavy atom. The average Bonchev–Trinajstić information content (AvgIpc) is 3.29. The molecule has 1 aromatic carbocycles. The van der Waals surface area contributed by atoms with Gasteiger partial charge in [0.05, 0.1) is 12.2 Å². The predicted molar refractivity (Wildman–Crippen MR) is 99.8 cm³/mol. The van der Waals surface area contributed by atoms with Crippen LogP contribution < -0.4 is 5.32 Å². The number of benzene rings is 1. The van der Waals surface area contributed by atoms with Crippen LogP contribution in [0.2, 0.25) is 5.02 Å². The summed E-state index contributed by atoms with van der Waals surface area (Å²) in [7, 11) is 0. The van der Waals surface area contributed by atoms with Gasteiger partial charge in [0, 0.05) is 17.2 Å². The van der Waals surface area contributed by atoms with E-state index in [1.54, 1.807) is 36.5 Å². The highest BCUT2D eigenvalue weighted by Gasteiger charge is 2.20. The molecular weight excluding hydrogens is 354 g/mol. The maximum atomic E-state index is 12.0. The molecule has 0 unspecified atom stereocenters. The molecule has 1 heterocycles. The second kappa shape index (κ2) is 8.67. The molecule has 7 heteroatoms. The van der Waals surface area contributed by atoms with E-state index in [2.05, 4.69) is 10.4 Å². The van der Waals surface area contributed by atoms with Gasteiger partial charge in [-0.1, -0.05) is 36.6 Å².